The second-order valence-corrected chi connectivity index (χ2v) is 4.93. The summed E-state index contributed by atoms with van der Waals surface area (Å²) in [6, 6.07) is 7.74. The predicted molar refractivity (Wildman–Crippen MR) is 89.0 cm³/mol. The van der Waals surface area contributed by atoms with Crippen molar-refractivity contribution in [3.8, 4) is 5.75 Å². The average Bonchev–Trinajstić information content (AvgIpc) is 2.52. The Morgan fingerprint density at radius 2 is 2.05 bits per heavy atom. The van der Waals surface area contributed by atoms with Crippen molar-refractivity contribution in [2.24, 2.45) is 10.7 Å². The third-order valence-electron chi connectivity index (χ3n) is 3.20. The minimum atomic E-state index is -0.0293. The first-order valence-electron chi connectivity index (χ1n) is 7.55. The van der Waals surface area contributed by atoms with Gasteiger partial charge in [0.05, 0.1) is 12.6 Å². The molecule has 1 aromatic carbocycles. The molecule has 1 rings (SSSR count). The second-order valence-electron chi connectivity index (χ2n) is 4.93. The van der Waals surface area contributed by atoms with Crippen molar-refractivity contribution in [1.82, 2.24) is 10.6 Å². The lowest BCUT2D eigenvalue weighted by Crippen LogP contribution is -2.33. The Balaban J connectivity index is 2.34. The van der Waals surface area contributed by atoms with Gasteiger partial charge in [0, 0.05) is 20.0 Å². The van der Waals surface area contributed by atoms with E-state index < -0.39 is 0 Å². The van der Waals surface area contributed by atoms with Crippen LogP contribution in [0.1, 0.15) is 38.3 Å². The van der Waals surface area contributed by atoms with Crippen LogP contribution in [0.15, 0.2) is 29.3 Å². The van der Waals surface area contributed by atoms with E-state index >= 15 is 0 Å². The van der Waals surface area contributed by atoms with Crippen LogP contribution in [0, 0.1) is 0 Å². The molecule has 0 spiro atoms. The first-order valence-corrected chi connectivity index (χ1v) is 7.55. The number of nitrogens with two attached hydrogens (primary N) is 1. The minimum Gasteiger partial charge on any atom is -0.494 e. The molecule has 0 fully saturated rings. The predicted octanol–water partition coefficient (Wildman–Crippen LogP) is 1.58. The van der Waals surface area contributed by atoms with Crippen molar-refractivity contribution in [2.75, 3.05) is 20.2 Å². The van der Waals surface area contributed by atoms with Gasteiger partial charge < -0.3 is 21.1 Å². The molecule has 1 unspecified atom stereocenters. The lowest BCUT2D eigenvalue weighted by Gasteiger charge is -2.15. The highest BCUT2D eigenvalue weighted by Gasteiger charge is 2.09. The van der Waals surface area contributed by atoms with Crippen molar-refractivity contribution in [2.45, 2.75) is 32.7 Å². The quantitative estimate of drug-likeness (QED) is 0.386. The lowest BCUT2D eigenvalue weighted by atomic mass is 10.1. The van der Waals surface area contributed by atoms with E-state index in [2.05, 4.69) is 15.6 Å². The molecule has 0 aliphatic carbocycles. The maximum atomic E-state index is 11.9. The van der Waals surface area contributed by atoms with Crippen molar-refractivity contribution < 1.29 is 9.53 Å². The smallest absolute Gasteiger partial charge is 0.220 e. The first-order chi connectivity index (χ1) is 10.6. The van der Waals surface area contributed by atoms with Gasteiger partial charge in [-0.25, -0.2) is 0 Å². The van der Waals surface area contributed by atoms with E-state index in [1.54, 1.807) is 7.05 Å². The van der Waals surface area contributed by atoms with Crippen LogP contribution < -0.4 is 21.1 Å². The number of hydrogen-bond acceptors (Lipinski definition) is 3. The molecule has 0 radical (unpaired) electrons. The number of carbonyl (C=O) groups excluding carboxylic acids is 1. The summed E-state index contributed by atoms with van der Waals surface area (Å²) in [5.74, 6) is 1.25. The molecule has 0 saturated carbocycles. The molecule has 0 saturated heterocycles. The van der Waals surface area contributed by atoms with E-state index in [1.807, 2.05) is 38.1 Å². The Morgan fingerprint density at radius 1 is 1.36 bits per heavy atom. The van der Waals surface area contributed by atoms with E-state index in [-0.39, 0.29) is 11.9 Å². The first kappa shape index (κ1) is 17.8. The second kappa shape index (κ2) is 9.65. The zero-order chi connectivity index (χ0) is 16.4. The molecule has 0 heterocycles. The number of aliphatic imine (C=N–C) groups is 1. The molecule has 0 aliphatic rings. The molecule has 122 valence electrons. The van der Waals surface area contributed by atoms with Gasteiger partial charge in [0.1, 0.15) is 5.75 Å². The van der Waals surface area contributed by atoms with Gasteiger partial charge in [-0.05, 0) is 38.0 Å². The summed E-state index contributed by atoms with van der Waals surface area (Å²) in [7, 11) is 1.62. The van der Waals surface area contributed by atoms with Gasteiger partial charge in [0.2, 0.25) is 5.91 Å². The molecule has 6 nitrogen and oxygen atoms in total. The van der Waals surface area contributed by atoms with Crippen molar-refractivity contribution in [1.29, 1.82) is 0 Å². The number of carbonyl (C=O) groups is 1. The van der Waals surface area contributed by atoms with Crippen molar-refractivity contribution in [3.05, 3.63) is 29.8 Å². The van der Waals surface area contributed by atoms with Gasteiger partial charge >= 0.3 is 0 Å². The van der Waals surface area contributed by atoms with Gasteiger partial charge in [-0.3, -0.25) is 9.79 Å². The van der Waals surface area contributed by atoms with Gasteiger partial charge in [-0.15, -0.1) is 0 Å². The Kier molecular flexibility index (Phi) is 7.81. The molecule has 1 aromatic rings. The molecule has 0 bridgehead atoms. The molecule has 6 heteroatoms. The number of nitrogens with zero attached hydrogens (tertiary/aromatic N) is 1. The molecular weight excluding hydrogens is 280 g/mol. The zero-order valence-corrected chi connectivity index (χ0v) is 13.6. The Hall–Kier alpha value is -2.24. The van der Waals surface area contributed by atoms with Crippen molar-refractivity contribution in [3.63, 3.8) is 0 Å². The van der Waals surface area contributed by atoms with E-state index in [9.17, 15) is 4.79 Å². The van der Waals surface area contributed by atoms with Crippen LogP contribution in [0.25, 0.3) is 0 Å². The summed E-state index contributed by atoms with van der Waals surface area (Å²) >= 11 is 0. The van der Waals surface area contributed by atoms with Crippen LogP contribution in [-0.4, -0.2) is 32.1 Å². The van der Waals surface area contributed by atoms with Crippen LogP contribution in [0.4, 0.5) is 0 Å². The summed E-state index contributed by atoms with van der Waals surface area (Å²) < 4.78 is 5.40. The molecule has 4 N–H and O–H groups in total. The molecule has 1 atom stereocenters. The summed E-state index contributed by atoms with van der Waals surface area (Å²) in [5, 5.41) is 5.91. The Labute approximate surface area is 132 Å². The monoisotopic (exact) mass is 306 g/mol. The van der Waals surface area contributed by atoms with Gasteiger partial charge in [-0.2, -0.15) is 0 Å². The highest BCUT2D eigenvalue weighted by molar-refractivity contribution is 5.78. The summed E-state index contributed by atoms with van der Waals surface area (Å²) in [4.78, 5) is 15.7. The maximum Gasteiger partial charge on any atom is 0.220 e. The van der Waals surface area contributed by atoms with Crippen LogP contribution in [0.3, 0.4) is 0 Å². The van der Waals surface area contributed by atoms with E-state index in [1.165, 1.54) is 0 Å². The number of hydrogen-bond donors (Lipinski definition) is 3. The minimum absolute atomic E-state index is 0.0233. The lowest BCUT2D eigenvalue weighted by molar-refractivity contribution is -0.121. The summed E-state index contributed by atoms with van der Waals surface area (Å²) in [6.45, 7) is 5.19. The van der Waals surface area contributed by atoms with E-state index in [4.69, 9.17) is 10.5 Å². The molecule has 22 heavy (non-hydrogen) atoms. The standard InChI is InChI=1S/C16H26N4O2/c1-4-22-14-9-7-13(8-10-14)12(2)20-15(21)6-5-11-19-16(17)18-3/h7-10,12H,4-6,11H2,1-3H3,(H,20,21)(H3,17,18,19). The van der Waals surface area contributed by atoms with Gasteiger partial charge in [-0.1, -0.05) is 12.1 Å². The number of benzene rings is 1. The number of rotatable bonds is 8. The van der Waals surface area contributed by atoms with Crippen molar-refractivity contribution >= 4 is 11.9 Å². The molecule has 1 amide bonds. The van der Waals surface area contributed by atoms with E-state index in [0.717, 1.165) is 11.3 Å². The fourth-order valence-electron chi connectivity index (χ4n) is 1.96. The number of nitrogens with one attached hydrogen (secondary N) is 2. The van der Waals surface area contributed by atoms with Crippen LogP contribution >= 0.6 is 0 Å². The molecular formula is C16H26N4O2. The van der Waals surface area contributed by atoms with E-state index in [0.29, 0.717) is 32.0 Å². The van der Waals surface area contributed by atoms with Gasteiger partial charge in [0.25, 0.3) is 0 Å². The molecule has 0 aromatic heterocycles. The van der Waals surface area contributed by atoms with Gasteiger partial charge in [0.15, 0.2) is 5.96 Å². The highest BCUT2D eigenvalue weighted by atomic mass is 16.5. The largest absolute Gasteiger partial charge is 0.494 e. The fraction of sp³-hybridized carbons (Fsp3) is 0.500. The normalized spacial score (nSPS) is 12.6. The van der Waals surface area contributed by atoms with Crippen LogP contribution in [0.5, 0.6) is 5.75 Å². The third kappa shape index (κ3) is 6.47. The number of guanidine groups is 1. The van der Waals surface area contributed by atoms with Crippen LogP contribution in [0.2, 0.25) is 0 Å². The maximum absolute atomic E-state index is 11.9. The number of amides is 1. The SMILES string of the molecule is CCOc1ccc(C(C)NC(=O)CCCNC(N)=NC)cc1. The summed E-state index contributed by atoms with van der Waals surface area (Å²) in [6.07, 6.45) is 1.16. The highest BCUT2D eigenvalue weighted by Crippen LogP contribution is 2.17. The molecule has 0 aliphatic heterocycles. The fourth-order valence-corrected chi connectivity index (χ4v) is 1.96. The topological polar surface area (TPSA) is 88.7 Å². The number of ether oxygens (including phenoxy) is 1. The van der Waals surface area contributed by atoms with Crippen LogP contribution in [-0.2, 0) is 4.79 Å². The zero-order valence-electron chi connectivity index (χ0n) is 13.6. The third-order valence-corrected chi connectivity index (χ3v) is 3.20. The average molecular weight is 306 g/mol. The Morgan fingerprint density at radius 3 is 2.64 bits per heavy atom. The summed E-state index contributed by atoms with van der Waals surface area (Å²) in [5.41, 5.74) is 6.56. The Bertz CT molecular complexity index is 485.